The Kier molecular flexibility index (Phi) is 5.75. The summed E-state index contributed by atoms with van der Waals surface area (Å²) in [7, 11) is 0. The van der Waals surface area contributed by atoms with Crippen LogP contribution in [0.3, 0.4) is 0 Å². The Labute approximate surface area is 99.1 Å². The van der Waals surface area contributed by atoms with E-state index in [0.717, 1.165) is 32.2 Å². The molecule has 1 aliphatic heterocycles. The van der Waals surface area contributed by atoms with Crippen molar-refractivity contribution < 1.29 is 9.53 Å². The zero-order valence-electron chi connectivity index (χ0n) is 10.6. The fraction of sp³-hybridized carbons (Fsp3) is 0.786. The van der Waals surface area contributed by atoms with Crippen molar-refractivity contribution in [3.63, 3.8) is 0 Å². The van der Waals surface area contributed by atoms with E-state index in [0.29, 0.717) is 0 Å². The number of ether oxygens (including phenoxy) is 1. The molecule has 1 rings (SSSR count). The van der Waals surface area contributed by atoms with E-state index in [9.17, 15) is 4.79 Å². The molecular weight excluding hydrogens is 200 g/mol. The fourth-order valence-corrected chi connectivity index (χ4v) is 2.11. The van der Waals surface area contributed by atoms with Crippen LogP contribution in [-0.2, 0) is 9.53 Å². The first-order valence-corrected chi connectivity index (χ1v) is 6.48. The highest BCUT2D eigenvalue weighted by Gasteiger charge is 2.33. The van der Waals surface area contributed by atoms with Crippen molar-refractivity contribution in [1.82, 2.24) is 0 Å². The average Bonchev–Trinajstić information content (AvgIpc) is 2.35. The lowest BCUT2D eigenvalue weighted by Crippen LogP contribution is -2.36. The molecule has 1 saturated heterocycles. The van der Waals surface area contributed by atoms with Gasteiger partial charge in [0.05, 0.1) is 11.5 Å². The number of unbranched alkanes of at least 4 members (excludes halogenated alkanes) is 2. The summed E-state index contributed by atoms with van der Waals surface area (Å²) in [6.45, 7) is 4.96. The molecular formula is C14H24O2. The van der Waals surface area contributed by atoms with Gasteiger partial charge in [-0.3, -0.25) is 0 Å². The van der Waals surface area contributed by atoms with Crippen LogP contribution in [0.2, 0.25) is 0 Å². The quantitative estimate of drug-likeness (QED) is 0.392. The molecule has 0 amide bonds. The molecule has 0 aromatic carbocycles. The highest BCUT2D eigenvalue weighted by Crippen LogP contribution is 2.30. The molecule has 2 atom stereocenters. The number of aldehydes is 1. The average molecular weight is 224 g/mol. The van der Waals surface area contributed by atoms with Crippen LogP contribution < -0.4 is 0 Å². The van der Waals surface area contributed by atoms with Crippen LogP contribution in [0.5, 0.6) is 0 Å². The smallest absolute Gasteiger partial charge is 0.132 e. The summed E-state index contributed by atoms with van der Waals surface area (Å²) in [6, 6.07) is 0. The van der Waals surface area contributed by atoms with E-state index in [-0.39, 0.29) is 6.10 Å². The van der Waals surface area contributed by atoms with Crippen molar-refractivity contribution in [2.45, 2.75) is 58.5 Å². The maximum atomic E-state index is 11.3. The van der Waals surface area contributed by atoms with Gasteiger partial charge in [0.2, 0.25) is 0 Å². The Bertz CT molecular complexity index is 229. The van der Waals surface area contributed by atoms with E-state index in [2.05, 4.69) is 13.0 Å². The van der Waals surface area contributed by atoms with E-state index in [4.69, 9.17) is 4.74 Å². The number of carbonyl (C=O) groups excluding carboxylic acids is 1. The Morgan fingerprint density at radius 2 is 2.25 bits per heavy atom. The van der Waals surface area contributed by atoms with Crippen LogP contribution in [0.25, 0.3) is 0 Å². The molecule has 0 N–H and O–H groups in total. The molecule has 0 bridgehead atoms. The van der Waals surface area contributed by atoms with Gasteiger partial charge < -0.3 is 9.53 Å². The molecule has 0 aromatic heterocycles. The Morgan fingerprint density at radius 3 is 2.81 bits per heavy atom. The second kappa shape index (κ2) is 6.85. The largest absolute Gasteiger partial charge is 0.377 e. The summed E-state index contributed by atoms with van der Waals surface area (Å²) in [5, 5.41) is 0. The lowest BCUT2D eigenvalue weighted by Gasteiger charge is -2.33. The minimum atomic E-state index is -0.422. The van der Waals surface area contributed by atoms with Crippen LogP contribution in [-0.4, -0.2) is 19.0 Å². The van der Waals surface area contributed by atoms with Crippen molar-refractivity contribution in [2.24, 2.45) is 5.41 Å². The first kappa shape index (κ1) is 13.4. The standard InChI is InChI=1S/C14H24O2/c1-3-4-5-7-10-14(2,12-15)13-9-6-8-11-16-13/h7,10,12-13H,3-6,8-9,11H2,1-2H3/b10-7+/t13-,14-/m0/s1. The lowest BCUT2D eigenvalue weighted by atomic mass is 9.81. The predicted molar refractivity (Wildman–Crippen MR) is 66.4 cm³/mol. The predicted octanol–water partition coefficient (Wildman–Crippen LogP) is 3.51. The molecule has 16 heavy (non-hydrogen) atoms. The molecule has 2 heteroatoms. The molecule has 2 nitrogen and oxygen atoms in total. The first-order valence-electron chi connectivity index (χ1n) is 6.48. The fourth-order valence-electron chi connectivity index (χ4n) is 2.11. The number of allylic oxidation sites excluding steroid dienone is 1. The highest BCUT2D eigenvalue weighted by atomic mass is 16.5. The third kappa shape index (κ3) is 3.75. The summed E-state index contributed by atoms with van der Waals surface area (Å²) in [4.78, 5) is 11.3. The molecule has 0 saturated carbocycles. The third-order valence-corrected chi connectivity index (χ3v) is 3.33. The first-order chi connectivity index (χ1) is 7.73. The highest BCUT2D eigenvalue weighted by molar-refractivity contribution is 5.63. The van der Waals surface area contributed by atoms with E-state index >= 15 is 0 Å². The number of hydrogen-bond donors (Lipinski definition) is 0. The Morgan fingerprint density at radius 1 is 1.44 bits per heavy atom. The number of hydrogen-bond acceptors (Lipinski definition) is 2. The molecule has 0 aromatic rings. The summed E-state index contributed by atoms with van der Waals surface area (Å²) in [5.74, 6) is 0. The Balaban J connectivity index is 2.53. The molecule has 1 aliphatic rings. The van der Waals surface area contributed by atoms with Gasteiger partial charge in [-0.05, 0) is 32.6 Å². The normalized spacial score (nSPS) is 25.5. The molecule has 0 aliphatic carbocycles. The van der Waals surface area contributed by atoms with E-state index in [1.807, 2.05) is 13.0 Å². The van der Waals surface area contributed by atoms with Crippen molar-refractivity contribution in [3.05, 3.63) is 12.2 Å². The van der Waals surface area contributed by atoms with Gasteiger partial charge in [-0.25, -0.2) is 0 Å². The van der Waals surface area contributed by atoms with Crippen LogP contribution in [0, 0.1) is 5.41 Å². The van der Waals surface area contributed by atoms with Gasteiger partial charge in [-0.15, -0.1) is 0 Å². The lowest BCUT2D eigenvalue weighted by molar-refractivity contribution is -0.123. The molecule has 0 unspecified atom stereocenters. The molecule has 1 fully saturated rings. The van der Waals surface area contributed by atoms with E-state index in [1.165, 1.54) is 19.3 Å². The second-order valence-corrected chi connectivity index (χ2v) is 4.88. The van der Waals surface area contributed by atoms with Gasteiger partial charge in [-0.1, -0.05) is 31.9 Å². The van der Waals surface area contributed by atoms with Gasteiger partial charge in [0.25, 0.3) is 0 Å². The second-order valence-electron chi connectivity index (χ2n) is 4.88. The SMILES string of the molecule is CCCC/C=C/[C@@](C)(C=O)[C@@H]1CCCCO1. The van der Waals surface area contributed by atoms with Gasteiger partial charge in [0, 0.05) is 6.61 Å². The minimum Gasteiger partial charge on any atom is -0.377 e. The van der Waals surface area contributed by atoms with E-state index < -0.39 is 5.41 Å². The van der Waals surface area contributed by atoms with Crippen LogP contribution in [0.4, 0.5) is 0 Å². The van der Waals surface area contributed by atoms with Gasteiger partial charge in [0.15, 0.2) is 0 Å². The molecule has 0 spiro atoms. The van der Waals surface area contributed by atoms with Gasteiger partial charge in [0.1, 0.15) is 6.29 Å². The summed E-state index contributed by atoms with van der Waals surface area (Å²) in [6.07, 6.45) is 12.1. The minimum absolute atomic E-state index is 0.0802. The van der Waals surface area contributed by atoms with E-state index in [1.54, 1.807) is 0 Å². The third-order valence-electron chi connectivity index (χ3n) is 3.33. The number of carbonyl (C=O) groups is 1. The molecule has 1 heterocycles. The molecule has 92 valence electrons. The summed E-state index contributed by atoms with van der Waals surface area (Å²) < 4.78 is 5.71. The maximum absolute atomic E-state index is 11.3. The van der Waals surface area contributed by atoms with Crippen LogP contribution in [0.1, 0.15) is 52.4 Å². The van der Waals surface area contributed by atoms with Crippen molar-refractivity contribution in [2.75, 3.05) is 6.61 Å². The summed E-state index contributed by atoms with van der Waals surface area (Å²) in [5.41, 5.74) is -0.422. The van der Waals surface area contributed by atoms with Crippen molar-refractivity contribution in [1.29, 1.82) is 0 Å². The van der Waals surface area contributed by atoms with Crippen LogP contribution in [0.15, 0.2) is 12.2 Å². The zero-order chi connectivity index (χ0) is 11.9. The number of rotatable bonds is 6. The van der Waals surface area contributed by atoms with Gasteiger partial charge >= 0.3 is 0 Å². The maximum Gasteiger partial charge on any atom is 0.132 e. The zero-order valence-corrected chi connectivity index (χ0v) is 10.6. The Hall–Kier alpha value is -0.630. The molecule has 0 radical (unpaired) electrons. The van der Waals surface area contributed by atoms with Crippen molar-refractivity contribution >= 4 is 6.29 Å². The van der Waals surface area contributed by atoms with Gasteiger partial charge in [-0.2, -0.15) is 0 Å². The van der Waals surface area contributed by atoms with Crippen LogP contribution >= 0.6 is 0 Å². The van der Waals surface area contributed by atoms with Crippen molar-refractivity contribution in [3.8, 4) is 0 Å². The topological polar surface area (TPSA) is 26.3 Å². The monoisotopic (exact) mass is 224 g/mol. The summed E-state index contributed by atoms with van der Waals surface area (Å²) >= 11 is 0.